The molecule has 3 aliphatic carbocycles. The summed E-state index contributed by atoms with van der Waals surface area (Å²) in [6.07, 6.45) is 10.3. The molecule has 29 heavy (non-hydrogen) atoms. The van der Waals surface area contributed by atoms with Crippen LogP contribution in [0.25, 0.3) is 0 Å². The van der Waals surface area contributed by atoms with E-state index in [4.69, 9.17) is 21.6 Å². The molecular weight excluding hydrogens is 398 g/mol. The third kappa shape index (κ3) is 5.89. The number of carbonyl (C=O) groups is 1. The van der Waals surface area contributed by atoms with Gasteiger partial charge in [0.05, 0.1) is 10.7 Å². The van der Waals surface area contributed by atoms with Gasteiger partial charge < -0.3 is 16.8 Å². The third-order valence-electron chi connectivity index (χ3n) is 5.06. The fourth-order valence-electron chi connectivity index (χ4n) is 3.56. The topological polar surface area (TPSA) is 132 Å². The number of hydrogen-bond acceptors (Lipinski definition) is 6. The molecule has 0 bridgehead atoms. The Morgan fingerprint density at radius 1 is 1.21 bits per heavy atom. The molecule has 1 aromatic heterocycles. The fraction of sp³-hybridized carbons (Fsp3) is 0.526. The first-order chi connectivity index (χ1) is 13.9. The van der Waals surface area contributed by atoms with E-state index in [1.165, 1.54) is 54.3 Å². The first-order valence-corrected chi connectivity index (χ1v) is 10.5. The van der Waals surface area contributed by atoms with Crippen molar-refractivity contribution in [3.05, 3.63) is 33.6 Å². The molecule has 7 N–H and O–H groups in total. The second kappa shape index (κ2) is 9.53. The van der Waals surface area contributed by atoms with Crippen LogP contribution >= 0.6 is 11.9 Å². The van der Waals surface area contributed by atoms with Gasteiger partial charge in [-0.2, -0.15) is 8.78 Å². The molecule has 0 saturated heterocycles. The molecule has 0 atom stereocenters. The monoisotopic (exact) mass is 424 g/mol. The third-order valence-corrected chi connectivity index (χ3v) is 5.47. The molecule has 7 nitrogen and oxygen atoms in total. The van der Waals surface area contributed by atoms with E-state index < -0.39 is 12.6 Å². The number of allylic oxidation sites excluding steroid dienone is 1. The van der Waals surface area contributed by atoms with Crippen LogP contribution in [0.4, 0.5) is 19.3 Å². The van der Waals surface area contributed by atoms with Gasteiger partial charge in [0.1, 0.15) is 0 Å². The van der Waals surface area contributed by atoms with Gasteiger partial charge in [-0.1, -0.05) is 0 Å². The van der Waals surface area contributed by atoms with Crippen molar-refractivity contribution in [2.45, 2.75) is 63.3 Å². The standard InChI is InChI=1S/C15H19N3O.C4H7F2N3S/c16-15(19)18-14-10-2-1-3-11(10)17-13(9-6-7-9)12(14)8-4-5-8;5-4(6)9-2-1-3(7)10-8/h8-9H,1-7H2,(H3,16,17,18,19);1-2,4H,7-8H2/b;3-1+,9-2+. The highest BCUT2D eigenvalue weighted by atomic mass is 32.2. The van der Waals surface area contributed by atoms with Crippen molar-refractivity contribution in [1.29, 1.82) is 0 Å². The van der Waals surface area contributed by atoms with Crippen LogP contribution in [0.15, 0.2) is 16.1 Å². The van der Waals surface area contributed by atoms with Crippen molar-refractivity contribution in [3.8, 4) is 0 Å². The summed E-state index contributed by atoms with van der Waals surface area (Å²) < 4.78 is 22.6. The number of carbonyl (C=O) groups excluding carboxylic acids is 1. The molecule has 0 aliphatic heterocycles. The maximum atomic E-state index is 11.4. The van der Waals surface area contributed by atoms with Gasteiger partial charge in [-0.15, -0.1) is 0 Å². The minimum Gasteiger partial charge on any atom is -0.392 e. The van der Waals surface area contributed by atoms with Gasteiger partial charge in [0.2, 0.25) is 0 Å². The Morgan fingerprint density at radius 3 is 2.45 bits per heavy atom. The predicted octanol–water partition coefficient (Wildman–Crippen LogP) is 3.50. The summed E-state index contributed by atoms with van der Waals surface area (Å²) in [6.45, 7) is -2.69. The molecule has 158 valence electrons. The average molecular weight is 425 g/mol. The molecular formula is C19H26F2N6OS. The van der Waals surface area contributed by atoms with E-state index in [1.54, 1.807) is 0 Å². The Hall–Kier alpha value is -2.20. The Balaban J connectivity index is 0.000000207. The molecule has 0 radical (unpaired) electrons. The smallest absolute Gasteiger partial charge is 0.331 e. The summed E-state index contributed by atoms with van der Waals surface area (Å²) in [5.41, 5.74) is 16.6. The van der Waals surface area contributed by atoms with E-state index in [0.29, 0.717) is 11.8 Å². The van der Waals surface area contributed by atoms with Crippen molar-refractivity contribution >= 4 is 29.9 Å². The van der Waals surface area contributed by atoms with Gasteiger partial charge in [0.15, 0.2) is 0 Å². The number of amides is 2. The molecule has 2 amide bonds. The van der Waals surface area contributed by atoms with E-state index in [1.807, 2.05) is 0 Å². The predicted molar refractivity (Wildman–Crippen MR) is 112 cm³/mol. The molecule has 2 saturated carbocycles. The van der Waals surface area contributed by atoms with E-state index in [-0.39, 0.29) is 5.03 Å². The fourth-order valence-corrected chi connectivity index (χ4v) is 3.70. The highest BCUT2D eigenvalue weighted by Gasteiger charge is 2.38. The Labute approximate surface area is 172 Å². The quantitative estimate of drug-likeness (QED) is 0.315. The normalized spacial score (nSPS) is 18.6. The summed E-state index contributed by atoms with van der Waals surface area (Å²) in [5, 5.41) is 8.12. The zero-order valence-electron chi connectivity index (χ0n) is 16.0. The average Bonchev–Trinajstić information content (AvgIpc) is 3.59. The van der Waals surface area contributed by atoms with Gasteiger partial charge in [-0.05, 0) is 74.5 Å². The molecule has 0 unspecified atom stereocenters. The summed E-state index contributed by atoms with van der Waals surface area (Å²) >= 11 is 0.779. The highest BCUT2D eigenvalue weighted by Crippen LogP contribution is 2.52. The minimum atomic E-state index is -2.69. The van der Waals surface area contributed by atoms with Crippen LogP contribution in [0.1, 0.15) is 66.5 Å². The van der Waals surface area contributed by atoms with Crippen molar-refractivity contribution in [2.24, 2.45) is 21.6 Å². The maximum Gasteiger partial charge on any atom is 0.331 e. The number of pyridine rings is 1. The number of urea groups is 1. The summed E-state index contributed by atoms with van der Waals surface area (Å²) in [6, 6.07) is -0.441. The van der Waals surface area contributed by atoms with Crippen LogP contribution in [0.5, 0.6) is 0 Å². The van der Waals surface area contributed by atoms with Gasteiger partial charge in [0.25, 0.3) is 0 Å². The second-order valence-electron chi connectivity index (χ2n) is 7.37. The molecule has 0 aromatic carbocycles. The number of rotatable bonds is 6. The van der Waals surface area contributed by atoms with E-state index in [0.717, 1.165) is 43.1 Å². The lowest BCUT2D eigenvalue weighted by Crippen LogP contribution is -2.22. The van der Waals surface area contributed by atoms with Gasteiger partial charge in [-0.25, -0.2) is 9.79 Å². The number of nitrogens with two attached hydrogens (primary N) is 3. The van der Waals surface area contributed by atoms with Crippen molar-refractivity contribution in [3.63, 3.8) is 0 Å². The number of halogens is 2. The lowest BCUT2D eigenvalue weighted by molar-refractivity contribution is 0.161. The Morgan fingerprint density at radius 2 is 1.90 bits per heavy atom. The number of aliphatic imine (C=N–C) groups is 1. The Kier molecular flexibility index (Phi) is 7.07. The number of nitrogens with one attached hydrogen (secondary N) is 1. The van der Waals surface area contributed by atoms with Crippen LogP contribution in [-0.4, -0.2) is 23.8 Å². The molecule has 4 rings (SSSR count). The SMILES string of the molecule is NC(=O)Nc1c2c(nc(C3CC3)c1C1CC1)CCC2.NS/C(N)=C/C=N/C(F)F. The lowest BCUT2D eigenvalue weighted by Gasteiger charge is -2.18. The van der Waals surface area contributed by atoms with Gasteiger partial charge in [-0.3, -0.25) is 10.1 Å². The Bertz CT molecular complexity index is 821. The highest BCUT2D eigenvalue weighted by molar-refractivity contribution is 8.00. The molecule has 3 aliphatic rings. The van der Waals surface area contributed by atoms with Crippen molar-refractivity contribution < 1.29 is 13.6 Å². The number of alkyl halides is 2. The van der Waals surface area contributed by atoms with Crippen LogP contribution in [0, 0.1) is 0 Å². The van der Waals surface area contributed by atoms with Crippen LogP contribution in [0.2, 0.25) is 0 Å². The molecule has 0 spiro atoms. The maximum absolute atomic E-state index is 11.4. The largest absolute Gasteiger partial charge is 0.392 e. The molecule has 2 fully saturated rings. The number of aryl methyl sites for hydroxylation is 1. The second-order valence-corrected chi connectivity index (χ2v) is 8.07. The number of primary amides is 1. The van der Waals surface area contributed by atoms with Crippen molar-refractivity contribution in [1.82, 2.24) is 4.98 Å². The first kappa shape index (κ1) is 21.5. The first-order valence-electron chi connectivity index (χ1n) is 9.66. The zero-order chi connectivity index (χ0) is 21.0. The summed E-state index contributed by atoms with van der Waals surface area (Å²) in [7, 11) is 0. The molecule has 1 aromatic rings. The van der Waals surface area contributed by atoms with Gasteiger partial charge in [0, 0.05) is 29.1 Å². The number of nitrogens with zero attached hydrogens (tertiary/aromatic N) is 2. The zero-order valence-corrected chi connectivity index (χ0v) is 16.9. The number of aromatic nitrogens is 1. The van der Waals surface area contributed by atoms with Gasteiger partial charge >= 0.3 is 12.6 Å². The van der Waals surface area contributed by atoms with E-state index in [2.05, 4.69) is 10.3 Å². The van der Waals surface area contributed by atoms with E-state index >= 15 is 0 Å². The summed E-state index contributed by atoms with van der Waals surface area (Å²) in [4.78, 5) is 19.0. The number of hydrogen-bond donors (Lipinski definition) is 4. The van der Waals surface area contributed by atoms with E-state index in [9.17, 15) is 13.6 Å². The van der Waals surface area contributed by atoms with Crippen LogP contribution in [-0.2, 0) is 12.8 Å². The minimum absolute atomic E-state index is 0.240. The number of fused-ring (bicyclic) bond motifs is 1. The molecule has 1 heterocycles. The summed E-state index contributed by atoms with van der Waals surface area (Å²) in [5.74, 6) is 1.24. The lowest BCUT2D eigenvalue weighted by atomic mass is 9.98. The van der Waals surface area contributed by atoms with Crippen LogP contribution in [0.3, 0.4) is 0 Å². The van der Waals surface area contributed by atoms with Crippen molar-refractivity contribution in [2.75, 3.05) is 5.32 Å². The number of anilines is 1. The molecule has 10 heteroatoms. The van der Waals surface area contributed by atoms with Crippen LogP contribution < -0.4 is 21.9 Å².